The van der Waals surface area contributed by atoms with Gasteiger partial charge in [0.05, 0.1) is 5.56 Å². The summed E-state index contributed by atoms with van der Waals surface area (Å²) in [5.74, 6) is -0.864. The first-order valence-electron chi connectivity index (χ1n) is 10.2. The van der Waals surface area contributed by atoms with Gasteiger partial charge in [-0.15, -0.1) is 0 Å². The van der Waals surface area contributed by atoms with Crippen molar-refractivity contribution in [1.29, 1.82) is 0 Å². The number of benzene rings is 2. The summed E-state index contributed by atoms with van der Waals surface area (Å²) in [7, 11) is 0. The molecule has 0 fully saturated rings. The molecule has 0 atom stereocenters. The van der Waals surface area contributed by atoms with Gasteiger partial charge in [-0.3, -0.25) is 0 Å². The smallest absolute Gasteiger partial charge is 0.335 e. The fourth-order valence-electron chi connectivity index (χ4n) is 2.61. The quantitative estimate of drug-likeness (QED) is 0.587. The van der Waals surface area contributed by atoms with E-state index in [2.05, 4.69) is 72.7 Å². The minimum Gasteiger partial charge on any atom is -0.478 e. The molecule has 0 saturated carbocycles. The maximum atomic E-state index is 10.6. The zero-order valence-electron chi connectivity index (χ0n) is 18.8. The minimum absolute atomic E-state index is 0.325. The van der Waals surface area contributed by atoms with Crippen molar-refractivity contribution in [2.45, 2.75) is 74.1 Å². The number of rotatable bonds is 5. The Morgan fingerprint density at radius 2 is 1.07 bits per heavy atom. The molecule has 1 N–H and O–H groups in total. The Morgan fingerprint density at radius 1 is 0.714 bits per heavy atom. The van der Waals surface area contributed by atoms with E-state index in [1.165, 1.54) is 29.5 Å². The molecule has 28 heavy (non-hydrogen) atoms. The number of carboxylic acids is 1. The highest BCUT2D eigenvalue weighted by atomic mass is 16.4. The number of hydrogen-bond acceptors (Lipinski definition) is 1. The standard InChI is InChI=1S/C13H18O2.C13H20/c1-13(2,3)9-8-10-4-6-11(7-5-10)12(14)15;1-11-5-7-12(8-6-11)9-10-13(2,3)4/h4-7H,8-9H2,1-3H3,(H,14,15);5-8H,9-10H2,1-4H3. The predicted molar refractivity (Wildman–Crippen MR) is 120 cm³/mol. The molecule has 0 bridgehead atoms. The lowest BCUT2D eigenvalue weighted by atomic mass is 9.88. The van der Waals surface area contributed by atoms with Gasteiger partial charge in [-0.05, 0) is 66.7 Å². The lowest BCUT2D eigenvalue weighted by Gasteiger charge is -2.17. The average Bonchev–Trinajstić information content (AvgIpc) is 2.59. The Kier molecular flexibility index (Phi) is 8.94. The Hall–Kier alpha value is -2.09. The van der Waals surface area contributed by atoms with Gasteiger partial charge < -0.3 is 5.11 Å². The number of carbonyl (C=O) groups is 1. The van der Waals surface area contributed by atoms with Crippen molar-refractivity contribution in [1.82, 2.24) is 0 Å². The normalized spacial score (nSPS) is 11.5. The summed E-state index contributed by atoms with van der Waals surface area (Å²) >= 11 is 0. The van der Waals surface area contributed by atoms with Crippen LogP contribution in [0.3, 0.4) is 0 Å². The molecule has 0 amide bonds. The molecule has 0 aliphatic heterocycles. The summed E-state index contributed by atoms with van der Waals surface area (Å²) in [6.45, 7) is 15.6. The lowest BCUT2D eigenvalue weighted by Crippen LogP contribution is -2.06. The van der Waals surface area contributed by atoms with Gasteiger partial charge in [-0.2, -0.15) is 0 Å². The van der Waals surface area contributed by atoms with Crippen molar-refractivity contribution in [3.63, 3.8) is 0 Å². The van der Waals surface area contributed by atoms with Crippen LogP contribution in [-0.2, 0) is 12.8 Å². The molecule has 0 aliphatic rings. The number of aryl methyl sites for hydroxylation is 3. The third kappa shape index (κ3) is 10.9. The van der Waals surface area contributed by atoms with E-state index in [1.807, 2.05) is 12.1 Å². The van der Waals surface area contributed by atoms with Gasteiger partial charge in [0, 0.05) is 0 Å². The largest absolute Gasteiger partial charge is 0.478 e. The minimum atomic E-state index is -0.864. The van der Waals surface area contributed by atoms with E-state index in [0.29, 0.717) is 16.4 Å². The molecule has 2 aromatic rings. The fourth-order valence-corrected chi connectivity index (χ4v) is 2.61. The van der Waals surface area contributed by atoms with Gasteiger partial charge in [-0.25, -0.2) is 4.79 Å². The third-order valence-corrected chi connectivity index (χ3v) is 4.65. The zero-order chi connectivity index (χ0) is 21.4. The predicted octanol–water partition coefficient (Wildman–Crippen LogP) is 7.34. The second-order valence-electron chi connectivity index (χ2n) is 10.1. The first-order valence-corrected chi connectivity index (χ1v) is 10.2. The maximum absolute atomic E-state index is 10.6. The zero-order valence-corrected chi connectivity index (χ0v) is 18.8. The van der Waals surface area contributed by atoms with Gasteiger partial charge in [0.1, 0.15) is 0 Å². The molecule has 0 heterocycles. The van der Waals surface area contributed by atoms with E-state index in [0.717, 1.165) is 12.8 Å². The summed E-state index contributed by atoms with van der Waals surface area (Å²) in [5.41, 5.74) is 5.14. The van der Waals surface area contributed by atoms with Crippen LogP contribution in [0.25, 0.3) is 0 Å². The first kappa shape index (κ1) is 23.9. The van der Waals surface area contributed by atoms with Crippen molar-refractivity contribution >= 4 is 5.97 Å². The van der Waals surface area contributed by atoms with Crippen molar-refractivity contribution in [2.24, 2.45) is 10.8 Å². The van der Waals surface area contributed by atoms with E-state index in [-0.39, 0.29) is 0 Å². The summed E-state index contributed by atoms with van der Waals surface area (Å²) in [5, 5.41) is 8.73. The summed E-state index contributed by atoms with van der Waals surface area (Å²) in [4.78, 5) is 10.6. The van der Waals surface area contributed by atoms with E-state index in [9.17, 15) is 4.79 Å². The number of carboxylic acid groups (broad SMARTS) is 1. The van der Waals surface area contributed by atoms with Crippen LogP contribution in [-0.4, -0.2) is 11.1 Å². The molecule has 0 spiro atoms. The van der Waals surface area contributed by atoms with Crippen LogP contribution >= 0.6 is 0 Å². The van der Waals surface area contributed by atoms with Crippen molar-refractivity contribution < 1.29 is 9.90 Å². The van der Waals surface area contributed by atoms with Crippen LogP contribution in [0.2, 0.25) is 0 Å². The van der Waals surface area contributed by atoms with Gasteiger partial charge in [0.25, 0.3) is 0 Å². The number of hydrogen-bond donors (Lipinski definition) is 1. The van der Waals surface area contributed by atoms with Gasteiger partial charge in [0.2, 0.25) is 0 Å². The molecule has 2 heteroatoms. The lowest BCUT2D eigenvalue weighted by molar-refractivity contribution is 0.0697. The summed E-state index contributed by atoms with van der Waals surface area (Å²) in [6.07, 6.45) is 4.57. The SMILES string of the molecule is CC(C)(C)CCc1ccc(C(=O)O)cc1.Cc1ccc(CCC(C)(C)C)cc1. The molecule has 0 unspecified atom stereocenters. The van der Waals surface area contributed by atoms with Crippen LogP contribution < -0.4 is 0 Å². The summed E-state index contributed by atoms with van der Waals surface area (Å²) < 4.78 is 0. The molecule has 0 radical (unpaired) electrons. The fraction of sp³-hybridized carbons (Fsp3) is 0.500. The highest BCUT2D eigenvalue weighted by Crippen LogP contribution is 2.22. The third-order valence-electron chi connectivity index (χ3n) is 4.65. The highest BCUT2D eigenvalue weighted by molar-refractivity contribution is 5.87. The second kappa shape index (κ2) is 10.5. The van der Waals surface area contributed by atoms with E-state index in [1.54, 1.807) is 12.1 Å². The van der Waals surface area contributed by atoms with E-state index >= 15 is 0 Å². The van der Waals surface area contributed by atoms with Crippen molar-refractivity contribution in [3.8, 4) is 0 Å². The van der Waals surface area contributed by atoms with Crippen LogP contribution in [0.15, 0.2) is 48.5 Å². The van der Waals surface area contributed by atoms with E-state index < -0.39 is 5.97 Å². The van der Waals surface area contributed by atoms with Crippen LogP contribution in [0, 0.1) is 17.8 Å². The highest BCUT2D eigenvalue weighted by Gasteiger charge is 2.10. The van der Waals surface area contributed by atoms with Crippen molar-refractivity contribution in [3.05, 3.63) is 70.8 Å². The molecular weight excluding hydrogens is 344 g/mol. The average molecular weight is 383 g/mol. The second-order valence-corrected chi connectivity index (χ2v) is 10.1. The molecule has 2 aromatic carbocycles. The Balaban J connectivity index is 0.000000283. The summed E-state index contributed by atoms with van der Waals surface area (Å²) in [6, 6.07) is 16.0. The first-order chi connectivity index (χ1) is 12.9. The molecular formula is C26H38O2. The topological polar surface area (TPSA) is 37.3 Å². The van der Waals surface area contributed by atoms with Gasteiger partial charge in [-0.1, -0.05) is 83.5 Å². The Morgan fingerprint density at radius 3 is 1.39 bits per heavy atom. The molecule has 2 nitrogen and oxygen atoms in total. The van der Waals surface area contributed by atoms with Gasteiger partial charge in [0.15, 0.2) is 0 Å². The molecule has 154 valence electrons. The molecule has 0 saturated heterocycles. The van der Waals surface area contributed by atoms with Crippen molar-refractivity contribution in [2.75, 3.05) is 0 Å². The number of aromatic carboxylic acids is 1. The Bertz CT molecular complexity index is 711. The monoisotopic (exact) mass is 382 g/mol. The maximum Gasteiger partial charge on any atom is 0.335 e. The van der Waals surface area contributed by atoms with Gasteiger partial charge >= 0.3 is 5.97 Å². The molecule has 0 aromatic heterocycles. The Labute approximate surface area is 172 Å². The van der Waals surface area contributed by atoms with E-state index in [4.69, 9.17) is 5.11 Å². The molecule has 2 rings (SSSR count). The van der Waals surface area contributed by atoms with Crippen LogP contribution in [0.1, 0.15) is 81.4 Å². The van der Waals surface area contributed by atoms with Crippen LogP contribution in [0.4, 0.5) is 0 Å². The van der Waals surface area contributed by atoms with Crippen LogP contribution in [0.5, 0.6) is 0 Å². The molecule has 0 aliphatic carbocycles.